The number of hydrogen-bond donors (Lipinski definition) is 3. The molecule has 3 N–H and O–H groups in total. The zero-order valence-corrected chi connectivity index (χ0v) is 14.5. The molecule has 1 heterocycles. The smallest absolute Gasteiger partial charge is 0.335 e. The number of tetrazole rings is 1. The Hall–Kier alpha value is -3.30. The maximum Gasteiger partial charge on any atom is 0.335 e. The number of aromatic nitrogens is 4. The van der Waals surface area contributed by atoms with Crippen LogP contribution in [0.4, 0.5) is 0 Å². The molecular formula is C16H20N6O4. The number of hydrogen-bond acceptors (Lipinski definition) is 6. The summed E-state index contributed by atoms with van der Waals surface area (Å²) in [6.07, 6.45) is 0.344. The van der Waals surface area contributed by atoms with E-state index in [2.05, 4.69) is 26.0 Å². The summed E-state index contributed by atoms with van der Waals surface area (Å²) in [5.41, 5.74) is 0.675. The second-order valence-electron chi connectivity index (χ2n) is 5.42. The van der Waals surface area contributed by atoms with Gasteiger partial charge in [0.2, 0.25) is 11.8 Å². The number of carbonyl (C=O) groups is 3. The lowest BCUT2D eigenvalue weighted by Gasteiger charge is -2.16. The predicted molar refractivity (Wildman–Crippen MR) is 90.7 cm³/mol. The van der Waals surface area contributed by atoms with Crippen LogP contribution >= 0.6 is 0 Å². The van der Waals surface area contributed by atoms with E-state index >= 15 is 0 Å². The minimum atomic E-state index is -1.03. The van der Waals surface area contributed by atoms with E-state index in [1.54, 1.807) is 26.0 Å². The molecule has 0 spiro atoms. The Bertz CT molecular complexity index is 786. The van der Waals surface area contributed by atoms with Crippen molar-refractivity contribution in [3.8, 4) is 5.69 Å². The normalized spacial score (nSPS) is 11.6. The molecule has 0 aliphatic rings. The zero-order chi connectivity index (χ0) is 19.1. The third-order valence-electron chi connectivity index (χ3n) is 3.51. The number of likely N-dealkylation sites (N-methyl/N-ethyl adjacent to an activating group) is 1. The number of carboxylic acids is 1. The van der Waals surface area contributed by atoms with Gasteiger partial charge in [0.15, 0.2) is 5.82 Å². The van der Waals surface area contributed by atoms with Crippen LogP contribution in [0, 0.1) is 0 Å². The van der Waals surface area contributed by atoms with E-state index in [0.717, 1.165) is 0 Å². The van der Waals surface area contributed by atoms with Crippen molar-refractivity contribution >= 4 is 17.8 Å². The number of nitrogens with zero attached hydrogens (tertiary/aromatic N) is 4. The Kier molecular flexibility index (Phi) is 6.36. The van der Waals surface area contributed by atoms with Crippen LogP contribution in [0.3, 0.4) is 0 Å². The first-order valence-electron chi connectivity index (χ1n) is 8.14. The van der Waals surface area contributed by atoms with Gasteiger partial charge in [-0.15, -0.1) is 15.0 Å². The van der Waals surface area contributed by atoms with Gasteiger partial charge in [0.05, 0.1) is 11.3 Å². The summed E-state index contributed by atoms with van der Waals surface area (Å²) in [5.74, 6) is -1.32. The third-order valence-corrected chi connectivity index (χ3v) is 3.51. The average molecular weight is 360 g/mol. The van der Waals surface area contributed by atoms with Crippen LogP contribution in [-0.4, -0.2) is 55.7 Å². The number of aromatic carboxylic acids is 1. The molecule has 0 radical (unpaired) electrons. The van der Waals surface area contributed by atoms with Gasteiger partial charge in [0.25, 0.3) is 0 Å². The molecule has 138 valence electrons. The highest BCUT2D eigenvalue weighted by atomic mass is 16.4. The third kappa shape index (κ3) is 4.85. The quantitative estimate of drug-likeness (QED) is 0.599. The van der Waals surface area contributed by atoms with E-state index in [0.29, 0.717) is 12.2 Å². The summed E-state index contributed by atoms with van der Waals surface area (Å²) >= 11 is 0. The lowest BCUT2D eigenvalue weighted by molar-refractivity contribution is -0.128. The monoisotopic (exact) mass is 360 g/mol. The van der Waals surface area contributed by atoms with Crippen molar-refractivity contribution in [1.82, 2.24) is 30.8 Å². The molecule has 2 amide bonds. The minimum Gasteiger partial charge on any atom is -0.478 e. The van der Waals surface area contributed by atoms with Gasteiger partial charge in [-0.25, -0.2) is 4.79 Å². The summed E-state index contributed by atoms with van der Waals surface area (Å²) in [6.45, 7) is 3.92. The highest BCUT2D eigenvalue weighted by molar-refractivity contribution is 5.88. The molecule has 0 bridgehead atoms. The maximum absolute atomic E-state index is 12.1. The van der Waals surface area contributed by atoms with Crippen LogP contribution in [0.5, 0.6) is 0 Å². The van der Waals surface area contributed by atoms with Crippen molar-refractivity contribution < 1.29 is 19.5 Å². The molecule has 2 aromatic rings. The van der Waals surface area contributed by atoms with Gasteiger partial charge in [0.1, 0.15) is 6.04 Å². The van der Waals surface area contributed by atoms with Gasteiger partial charge in [-0.2, -0.15) is 0 Å². The number of nitrogens with one attached hydrogen (secondary N) is 2. The lowest BCUT2D eigenvalue weighted by Crippen LogP contribution is -2.48. The van der Waals surface area contributed by atoms with Gasteiger partial charge in [-0.3, -0.25) is 9.59 Å². The van der Waals surface area contributed by atoms with Crippen LogP contribution in [-0.2, 0) is 16.0 Å². The number of amides is 2. The van der Waals surface area contributed by atoms with E-state index in [1.165, 1.54) is 16.9 Å². The molecule has 0 aliphatic heterocycles. The second-order valence-corrected chi connectivity index (χ2v) is 5.42. The van der Waals surface area contributed by atoms with Crippen molar-refractivity contribution in [3.63, 3.8) is 0 Å². The molecule has 2 rings (SSSR count). The predicted octanol–water partition coefficient (Wildman–Crippen LogP) is -0.0661. The van der Waals surface area contributed by atoms with E-state index in [1.807, 2.05) is 0 Å². The van der Waals surface area contributed by atoms with Crippen molar-refractivity contribution in [2.45, 2.75) is 32.7 Å². The molecular weight excluding hydrogens is 340 g/mol. The second kappa shape index (κ2) is 8.70. The Morgan fingerprint density at radius 1 is 1.19 bits per heavy atom. The number of carbonyl (C=O) groups excluding carboxylic acids is 2. The SMILES string of the molecule is CCNC(=O)[C@H](Cc1nnn(-c2ccc(C(=O)O)cc2)n1)NC(=O)CC. The van der Waals surface area contributed by atoms with Crippen molar-refractivity contribution in [3.05, 3.63) is 35.7 Å². The Morgan fingerprint density at radius 2 is 1.88 bits per heavy atom. The number of rotatable bonds is 8. The molecule has 0 aliphatic carbocycles. The highest BCUT2D eigenvalue weighted by Crippen LogP contribution is 2.08. The van der Waals surface area contributed by atoms with Crippen LogP contribution in [0.1, 0.15) is 36.5 Å². The fraction of sp³-hybridized carbons (Fsp3) is 0.375. The fourth-order valence-corrected chi connectivity index (χ4v) is 2.16. The van der Waals surface area contributed by atoms with Gasteiger partial charge < -0.3 is 15.7 Å². The summed E-state index contributed by atoms with van der Waals surface area (Å²) in [4.78, 5) is 35.9. The summed E-state index contributed by atoms with van der Waals surface area (Å²) in [6, 6.07) is 5.16. The average Bonchev–Trinajstić information content (AvgIpc) is 3.09. The Balaban J connectivity index is 2.14. The van der Waals surface area contributed by atoms with Crippen LogP contribution < -0.4 is 10.6 Å². The highest BCUT2D eigenvalue weighted by Gasteiger charge is 2.22. The summed E-state index contributed by atoms with van der Waals surface area (Å²) in [7, 11) is 0. The van der Waals surface area contributed by atoms with E-state index < -0.39 is 12.0 Å². The molecule has 1 atom stereocenters. The van der Waals surface area contributed by atoms with E-state index in [4.69, 9.17) is 5.11 Å². The van der Waals surface area contributed by atoms with Crippen molar-refractivity contribution in [1.29, 1.82) is 0 Å². The van der Waals surface area contributed by atoms with Gasteiger partial charge in [-0.05, 0) is 36.4 Å². The molecule has 0 unspecified atom stereocenters. The number of carboxylic acid groups (broad SMARTS) is 1. The molecule has 26 heavy (non-hydrogen) atoms. The summed E-state index contributed by atoms with van der Waals surface area (Å²) in [5, 5.41) is 26.2. The number of benzene rings is 1. The molecule has 1 aromatic heterocycles. The zero-order valence-electron chi connectivity index (χ0n) is 14.5. The van der Waals surface area contributed by atoms with E-state index in [9.17, 15) is 14.4 Å². The lowest BCUT2D eigenvalue weighted by atomic mass is 10.1. The first kappa shape index (κ1) is 19.0. The van der Waals surface area contributed by atoms with Crippen molar-refractivity contribution in [2.24, 2.45) is 0 Å². The molecule has 10 heteroatoms. The van der Waals surface area contributed by atoms with Gasteiger partial charge in [-0.1, -0.05) is 6.92 Å². The van der Waals surface area contributed by atoms with Crippen molar-refractivity contribution in [2.75, 3.05) is 6.54 Å². The first-order chi connectivity index (χ1) is 12.4. The minimum absolute atomic E-state index is 0.0881. The molecule has 10 nitrogen and oxygen atoms in total. The van der Waals surface area contributed by atoms with Gasteiger partial charge in [0, 0.05) is 19.4 Å². The largest absolute Gasteiger partial charge is 0.478 e. The van der Waals surface area contributed by atoms with Gasteiger partial charge >= 0.3 is 5.97 Å². The molecule has 1 aromatic carbocycles. The molecule has 0 saturated heterocycles. The molecule has 0 saturated carbocycles. The van der Waals surface area contributed by atoms with Crippen LogP contribution in [0.2, 0.25) is 0 Å². The Labute approximate surface area is 149 Å². The maximum atomic E-state index is 12.1. The standard InChI is InChI=1S/C16H20N6O4/c1-3-14(23)18-12(15(24)17-4-2)9-13-19-21-22(20-13)11-7-5-10(6-8-11)16(25)26/h5-8,12H,3-4,9H2,1-2H3,(H,17,24)(H,18,23)(H,25,26)/t12-/m0/s1. The Morgan fingerprint density at radius 3 is 2.46 bits per heavy atom. The fourth-order valence-electron chi connectivity index (χ4n) is 2.16. The first-order valence-corrected chi connectivity index (χ1v) is 8.14. The van der Waals surface area contributed by atoms with E-state index in [-0.39, 0.29) is 36.0 Å². The van der Waals surface area contributed by atoms with Crippen LogP contribution in [0.15, 0.2) is 24.3 Å². The topological polar surface area (TPSA) is 139 Å². The molecule has 0 fully saturated rings. The van der Waals surface area contributed by atoms with Crippen LogP contribution in [0.25, 0.3) is 5.69 Å². The summed E-state index contributed by atoms with van der Waals surface area (Å²) < 4.78 is 0.